The van der Waals surface area contributed by atoms with E-state index in [-0.39, 0.29) is 0 Å². The van der Waals surface area contributed by atoms with E-state index in [4.69, 9.17) is 29.9 Å². The maximum Gasteiger partial charge on any atom is 0.202 e. The van der Waals surface area contributed by atoms with E-state index in [1.54, 1.807) is 0 Å². The van der Waals surface area contributed by atoms with Gasteiger partial charge in [0, 0.05) is 22.3 Å². The average Bonchev–Trinajstić information content (AvgIpc) is 3.11. The number of hydrogen-bond acceptors (Lipinski definition) is 6. The number of rotatable bonds is 5. The van der Waals surface area contributed by atoms with Gasteiger partial charge in [0.15, 0.2) is 23.3 Å². The van der Waals surface area contributed by atoms with Crippen LogP contribution in [0.1, 0.15) is 0 Å². The first-order chi connectivity index (χ1) is 21.8. The van der Waals surface area contributed by atoms with Gasteiger partial charge in [-0.2, -0.15) is 0 Å². The Hall–Kier alpha value is -6.14. The van der Waals surface area contributed by atoms with Crippen molar-refractivity contribution in [1.82, 2.24) is 29.9 Å². The highest BCUT2D eigenvalue weighted by molar-refractivity contribution is 5.96. The Bertz CT molecular complexity index is 2110. The van der Waals surface area contributed by atoms with Crippen LogP contribution < -0.4 is 0 Å². The summed E-state index contributed by atoms with van der Waals surface area (Å²) in [4.78, 5) is 29.8. The van der Waals surface area contributed by atoms with Crippen LogP contribution in [0.25, 0.3) is 78.7 Å². The molecule has 206 valence electrons. The minimum Gasteiger partial charge on any atom is -0.208 e. The summed E-state index contributed by atoms with van der Waals surface area (Å²) in [5.74, 6) is 2.96. The van der Waals surface area contributed by atoms with Crippen molar-refractivity contribution in [1.29, 1.82) is 0 Å². The first kappa shape index (κ1) is 25.6. The summed E-state index contributed by atoms with van der Waals surface area (Å²) in [5.41, 5.74) is 3.58. The fourth-order valence-corrected chi connectivity index (χ4v) is 5.47. The fraction of sp³-hybridized carbons (Fsp3) is 0. The van der Waals surface area contributed by atoms with Crippen molar-refractivity contribution in [3.8, 4) is 57.2 Å². The minimum atomic E-state index is 0.378. The molecule has 6 heteroatoms. The van der Waals surface area contributed by atoms with Crippen LogP contribution in [0.4, 0.5) is 0 Å². The summed E-state index contributed by atoms with van der Waals surface area (Å²) in [6.07, 6.45) is 0. The molecule has 6 aromatic carbocycles. The summed E-state index contributed by atoms with van der Waals surface area (Å²) in [6, 6.07) is 48.7. The third-order valence-corrected chi connectivity index (χ3v) is 7.60. The van der Waals surface area contributed by atoms with Crippen LogP contribution in [0.15, 0.2) is 146 Å². The molecule has 0 unspecified atom stereocenters. The maximum absolute atomic E-state index is 5.01. The van der Waals surface area contributed by atoms with Crippen molar-refractivity contribution in [2.24, 2.45) is 0 Å². The van der Waals surface area contributed by atoms with Crippen LogP contribution >= 0.6 is 0 Å². The van der Waals surface area contributed by atoms with E-state index in [0.29, 0.717) is 34.9 Å². The SMILES string of the molecule is c1ccc(-c2nc(-c3nc(-c4ccccc4)nc(-c4cccc5ccccc45)n3)nc(-c3cccc4ccccc34)n2)cc1. The van der Waals surface area contributed by atoms with Crippen LogP contribution in [-0.4, -0.2) is 29.9 Å². The van der Waals surface area contributed by atoms with Crippen molar-refractivity contribution in [3.63, 3.8) is 0 Å². The highest BCUT2D eigenvalue weighted by Gasteiger charge is 2.19. The zero-order valence-corrected chi connectivity index (χ0v) is 23.5. The van der Waals surface area contributed by atoms with Crippen molar-refractivity contribution in [2.45, 2.75) is 0 Å². The predicted molar refractivity (Wildman–Crippen MR) is 175 cm³/mol. The molecule has 0 saturated heterocycles. The molecule has 2 heterocycles. The van der Waals surface area contributed by atoms with Crippen molar-refractivity contribution in [3.05, 3.63) is 146 Å². The second kappa shape index (κ2) is 10.9. The molecule has 0 saturated carbocycles. The zero-order chi connectivity index (χ0) is 29.3. The molecule has 2 aromatic heterocycles. The molecular formula is C38H24N6. The lowest BCUT2D eigenvalue weighted by molar-refractivity contribution is 1.01. The minimum absolute atomic E-state index is 0.378. The van der Waals surface area contributed by atoms with E-state index in [1.165, 1.54) is 0 Å². The Morgan fingerprint density at radius 1 is 0.250 bits per heavy atom. The third-order valence-electron chi connectivity index (χ3n) is 7.60. The lowest BCUT2D eigenvalue weighted by atomic mass is 10.0. The molecule has 0 aliphatic rings. The maximum atomic E-state index is 5.01. The lowest BCUT2D eigenvalue weighted by Crippen LogP contribution is -2.06. The highest BCUT2D eigenvalue weighted by atomic mass is 15.1. The Kier molecular flexibility index (Phi) is 6.35. The molecule has 0 amide bonds. The van der Waals surface area contributed by atoms with E-state index >= 15 is 0 Å². The van der Waals surface area contributed by atoms with Gasteiger partial charge in [0.1, 0.15) is 0 Å². The number of fused-ring (bicyclic) bond motifs is 2. The monoisotopic (exact) mass is 564 g/mol. The van der Waals surface area contributed by atoms with Crippen LogP contribution in [0.3, 0.4) is 0 Å². The van der Waals surface area contributed by atoms with Crippen molar-refractivity contribution < 1.29 is 0 Å². The fourth-order valence-electron chi connectivity index (χ4n) is 5.47. The van der Waals surface area contributed by atoms with Gasteiger partial charge < -0.3 is 0 Å². The Morgan fingerprint density at radius 2 is 0.591 bits per heavy atom. The van der Waals surface area contributed by atoms with Crippen molar-refractivity contribution in [2.75, 3.05) is 0 Å². The van der Waals surface area contributed by atoms with Gasteiger partial charge in [-0.25, -0.2) is 29.9 Å². The molecule has 0 fully saturated rings. The molecule has 0 spiro atoms. The number of nitrogens with zero attached hydrogens (tertiary/aromatic N) is 6. The van der Waals surface area contributed by atoms with E-state index in [0.717, 1.165) is 43.8 Å². The summed E-state index contributed by atoms with van der Waals surface area (Å²) < 4.78 is 0. The second-order valence-corrected chi connectivity index (χ2v) is 10.4. The van der Waals surface area contributed by atoms with Crippen molar-refractivity contribution >= 4 is 21.5 Å². The number of aromatic nitrogens is 6. The molecule has 8 rings (SSSR count). The predicted octanol–water partition coefficient (Wildman–Crippen LogP) is 8.70. The van der Waals surface area contributed by atoms with E-state index in [1.807, 2.05) is 109 Å². The van der Waals surface area contributed by atoms with Gasteiger partial charge >= 0.3 is 0 Å². The third kappa shape index (κ3) is 4.74. The summed E-state index contributed by atoms with van der Waals surface area (Å²) in [7, 11) is 0. The van der Waals surface area contributed by atoms with Gasteiger partial charge in [-0.05, 0) is 21.5 Å². The molecule has 0 N–H and O–H groups in total. The van der Waals surface area contributed by atoms with Crippen LogP contribution in [0, 0.1) is 0 Å². The van der Waals surface area contributed by atoms with Gasteiger partial charge in [-0.15, -0.1) is 0 Å². The van der Waals surface area contributed by atoms with Gasteiger partial charge in [0.05, 0.1) is 0 Å². The van der Waals surface area contributed by atoms with E-state index < -0.39 is 0 Å². The van der Waals surface area contributed by atoms with Crippen LogP contribution in [-0.2, 0) is 0 Å². The molecular weight excluding hydrogens is 540 g/mol. The Balaban J connectivity index is 1.40. The topological polar surface area (TPSA) is 77.3 Å². The van der Waals surface area contributed by atoms with E-state index in [2.05, 4.69) is 36.4 Å². The molecule has 0 aliphatic heterocycles. The number of benzene rings is 6. The first-order valence-electron chi connectivity index (χ1n) is 14.4. The Labute approximate surface area is 253 Å². The highest BCUT2D eigenvalue weighted by Crippen LogP contribution is 2.32. The summed E-state index contributed by atoms with van der Waals surface area (Å²) >= 11 is 0. The molecule has 0 aliphatic carbocycles. The van der Waals surface area contributed by atoms with Gasteiger partial charge in [0.25, 0.3) is 0 Å². The van der Waals surface area contributed by atoms with Gasteiger partial charge in [-0.1, -0.05) is 146 Å². The average molecular weight is 565 g/mol. The summed E-state index contributed by atoms with van der Waals surface area (Å²) in [5, 5.41) is 4.34. The summed E-state index contributed by atoms with van der Waals surface area (Å²) in [6.45, 7) is 0. The normalized spacial score (nSPS) is 11.2. The van der Waals surface area contributed by atoms with Gasteiger partial charge in [-0.3, -0.25) is 0 Å². The number of hydrogen-bond donors (Lipinski definition) is 0. The lowest BCUT2D eigenvalue weighted by Gasteiger charge is -2.12. The first-order valence-corrected chi connectivity index (χ1v) is 14.4. The molecule has 0 atom stereocenters. The zero-order valence-electron chi connectivity index (χ0n) is 23.5. The molecule has 0 radical (unpaired) electrons. The Morgan fingerprint density at radius 3 is 1.05 bits per heavy atom. The standard InChI is InChI=1S/C38H24N6/c1-3-15-27(16-4-1)33-39-35(31-23-11-19-25-13-7-9-21-29(25)31)43-37(41-33)38-42-34(28-17-5-2-6-18-28)40-36(44-38)32-24-12-20-26-14-8-10-22-30(26)32/h1-24H. The smallest absolute Gasteiger partial charge is 0.202 e. The molecule has 8 aromatic rings. The van der Waals surface area contributed by atoms with Crippen LogP contribution in [0.2, 0.25) is 0 Å². The van der Waals surface area contributed by atoms with E-state index in [9.17, 15) is 0 Å². The molecule has 0 bridgehead atoms. The van der Waals surface area contributed by atoms with Gasteiger partial charge in [0.2, 0.25) is 11.6 Å². The van der Waals surface area contributed by atoms with Crippen LogP contribution in [0.5, 0.6) is 0 Å². The molecule has 44 heavy (non-hydrogen) atoms. The quantitative estimate of drug-likeness (QED) is 0.208. The second-order valence-electron chi connectivity index (χ2n) is 10.4. The molecule has 6 nitrogen and oxygen atoms in total. The largest absolute Gasteiger partial charge is 0.208 e.